The molecule has 11 nitrogen and oxygen atoms in total. The van der Waals surface area contributed by atoms with E-state index in [9.17, 15) is 13.2 Å². The Morgan fingerprint density at radius 1 is 1.00 bits per heavy atom. The van der Waals surface area contributed by atoms with Gasteiger partial charge in [-0.15, -0.1) is 10.2 Å². The number of aromatic nitrogens is 4. The van der Waals surface area contributed by atoms with Crippen LogP contribution in [0.1, 0.15) is 5.69 Å². The Balaban J connectivity index is 1.25. The van der Waals surface area contributed by atoms with E-state index in [0.717, 1.165) is 5.69 Å². The third-order valence-corrected chi connectivity index (χ3v) is 7.28. The molecule has 12 heteroatoms. The van der Waals surface area contributed by atoms with E-state index in [1.165, 1.54) is 22.5 Å². The van der Waals surface area contributed by atoms with E-state index in [0.29, 0.717) is 54.7 Å². The molecule has 5 rings (SSSR count). The van der Waals surface area contributed by atoms with Gasteiger partial charge in [0.25, 0.3) is 0 Å². The zero-order valence-corrected chi connectivity index (χ0v) is 18.5. The van der Waals surface area contributed by atoms with Gasteiger partial charge in [-0.05, 0) is 49.4 Å². The molecule has 1 saturated heterocycles. The summed E-state index contributed by atoms with van der Waals surface area (Å²) in [6, 6.07) is 13.7. The molecule has 33 heavy (non-hydrogen) atoms. The number of benzene rings is 1. The lowest BCUT2D eigenvalue weighted by molar-refractivity contribution is 0.383. The van der Waals surface area contributed by atoms with Crippen molar-refractivity contribution in [1.82, 2.24) is 24.5 Å². The number of hydrogen-bond acceptors (Lipinski definition) is 9. The SMILES string of the molecule is Cc1cccc(Nc2ccc(N3CCN(S(=O)(=O)c4ccc5oc(=O)[nH]c5c4)CC3)nn2)n1. The predicted molar refractivity (Wildman–Crippen MR) is 122 cm³/mol. The van der Waals surface area contributed by atoms with Gasteiger partial charge in [0, 0.05) is 31.9 Å². The first kappa shape index (κ1) is 21.1. The summed E-state index contributed by atoms with van der Waals surface area (Å²) in [6.07, 6.45) is 0. The van der Waals surface area contributed by atoms with Crippen LogP contribution in [0.4, 0.5) is 17.5 Å². The molecule has 2 N–H and O–H groups in total. The summed E-state index contributed by atoms with van der Waals surface area (Å²) in [5.41, 5.74) is 1.57. The number of nitrogens with one attached hydrogen (secondary N) is 2. The normalized spacial score (nSPS) is 15.1. The van der Waals surface area contributed by atoms with Crippen LogP contribution in [0, 0.1) is 6.92 Å². The lowest BCUT2D eigenvalue weighted by Gasteiger charge is -2.34. The van der Waals surface area contributed by atoms with Gasteiger partial charge in [0.1, 0.15) is 5.82 Å². The Hall–Kier alpha value is -3.77. The number of pyridine rings is 1. The van der Waals surface area contributed by atoms with Crippen molar-refractivity contribution in [2.45, 2.75) is 11.8 Å². The van der Waals surface area contributed by atoms with E-state index in [1.54, 1.807) is 0 Å². The number of sulfonamides is 1. The number of hydrogen-bond donors (Lipinski definition) is 2. The quantitative estimate of drug-likeness (QED) is 0.450. The first-order valence-corrected chi connectivity index (χ1v) is 11.7. The van der Waals surface area contributed by atoms with Crippen LogP contribution >= 0.6 is 0 Å². The molecule has 0 bridgehead atoms. The molecule has 0 unspecified atom stereocenters. The molecule has 4 aromatic rings. The van der Waals surface area contributed by atoms with Crippen molar-refractivity contribution >= 4 is 38.6 Å². The van der Waals surface area contributed by atoms with Gasteiger partial charge < -0.3 is 14.6 Å². The first-order chi connectivity index (χ1) is 15.9. The molecule has 1 aromatic carbocycles. The van der Waals surface area contributed by atoms with Crippen molar-refractivity contribution in [3.63, 3.8) is 0 Å². The topological polar surface area (TPSA) is 137 Å². The molecule has 0 aliphatic carbocycles. The van der Waals surface area contributed by atoms with Gasteiger partial charge in [-0.2, -0.15) is 4.31 Å². The van der Waals surface area contributed by atoms with Crippen LogP contribution in [-0.4, -0.2) is 59.1 Å². The number of fused-ring (bicyclic) bond motifs is 1. The van der Waals surface area contributed by atoms with Gasteiger partial charge in [0.2, 0.25) is 10.0 Å². The van der Waals surface area contributed by atoms with Gasteiger partial charge in [-0.3, -0.25) is 4.98 Å². The molecule has 0 amide bonds. The van der Waals surface area contributed by atoms with Crippen LogP contribution in [0.25, 0.3) is 11.1 Å². The van der Waals surface area contributed by atoms with Gasteiger partial charge >= 0.3 is 5.76 Å². The van der Waals surface area contributed by atoms with Gasteiger partial charge in [-0.1, -0.05) is 6.07 Å². The molecule has 1 aliphatic rings. The Labute approximate surface area is 189 Å². The van der Waals surface area contributed by atoms with E-state index >= 15 is 0 Å². The summed E-state index contributed by atoms with van der Waals surface area (Å²) in [5, 5.41) is 11.6. The summed E-state index contributed by atoms with van der Waals surface area (Å²) >= 11 is 0. The largest absolute Gasteiger partial charge is 0.417 e. The zero-order chi connectivity index (χ0) is 23.0. The maximum Gasteiger partial charge on any atom is 0.417 e. The number of aromatic amines is 1. The van der Waals surface area contributed by atoms with Crippen molar-refractivity contribution < 1.29 is 12.8 Å². The molecule has 3 aromatic heterocycles. The highest BCUT2D eigenvalue weighted by atomic mass is 32.2. The number of piperazine rings is 1. The third-order valence-electron chi connectivity index (χ3n) is 5.39. The van der Waals surface area contributed by atoms with Gasteiger partial charge in [-0.25, -0.2) is 18.2 Å². The van der Waals surface area contributed by atoms with Crippen molar-refractivity contribution in [3.05, 3.63) is 64.8 Å². The fourth-order valence-electron chi connectivity index (χ4n) is 3.70. The highest BCUT2D eigenvalue weighted by molar-refractivity contribution is 7.89. The highest BCUT2D eigenvalue weighted by Crippen LogP contribution is 2.23. The zero-order valence-electron chi connectivity index (χ0n) is 17.7. The molecule has 4 heterocycles. The van der Waals surface area contributed by atoms with Gasteiger partial charge in [0.15, 0.2) is 17.2 Å². The second-order valence-electron chi connectivity index (χ2n) is 7.63. The summed E-state index contributed by atoms with van der Waals surface area (Å²) < 4.78 is 32.5. The molecular formula is C21H21N7O4S. The van der Waals surface area contributed by atoms with E-state index < -0.39 is 15.8 Å². The van der Waals surface area contributed by atoms with Crippen molar-refractivity contribution in [2.75, 3.05) is 36.4 Å². The van der Waals surface area contributed by atoms with E-state index in [2.05, 4.69) is 25.5 Å². The summed E-state index contributed by atoms with van der Waals surface area (Å²) in [6.45, 7) is 3.47. The number of anilines is 3. The minimum Gasteiger partial charge on any atom is -0.408 e. The standard InChI is InChI=1S/C21H21N7O4S/c1-14-3-2-4-18(22-14)24-19-7-8-20(26-25-19)27-9-11-28(12-10-27)33(30,31)15-5-6-17-16(13-15)23-21(29)32-17/h2-8,13H,9-12H2,1H3,(H,23,29)(H,22,24,25). The fourth-order valence-corrected chi connectivity index (χ4v) is 5.15. The number of nitrogens with zero attached hydrogens (tertiary/aromatic N) is 5. The minimum absolute atomic E-state index is 0.112. The molecule has 0 spiro atoms. The number of oxazole rings is 1. The Bertz CT molecular complexity index is 1460. The highest BCUT2D eigenvalue weighted by Gasteiger charge is 2.29. The van der Waals surface area contributed by atoms with Crippen molar-refractivity contribution in [2.24, 2.45) is 0 Å². The Morgan fingerprint density at radius 3 is 2.55 bits per heavy atom. The maximum atomic E-state index is 13.1. The van der Waals surface area contributed by atoms with Crippen LogP contribution in [-0.2, 0) is 10.0 Å². The van der Waals surface area contributed by atoms with Crippen LogP contribution in [0.3, 0.4) is 0 Å². The monoisotopic (exact) mass is 467 g/mol. The summed E-state index contributed by atoms with van der Waals surface area (Å²) in [5.74, 6) is 1.32. The Kier molecular flexibility index (Phi) is 5.30. The minimum atomic E-state index is -3.70. The number of H-pyrrole nitrogens is 1. The van der Waals surface area contributed by atoms with Crippen molar-refractivity contribution in [1.29, 1.82) is 0 Å². The first-order valence-electron chi connectivity index (χ1n) is 10.3. The van der Waals surface area contributed by atoms with Crippen LogP contribution < -0.4 is 16.0 Å². The molecule has 0 atom stereocenters. The van der Waals surface area contributed by atoms with Gasteiger partial charge in [0.05, 0.1) is 10.4 Å². The average molecular weight is 468 g/mol. The van der Waals surface area contributed by atoms with Crippen LogP contribution in [0.5, 0.6) is 0 Å². The fraction of sp³-hybridized carbons (Fsp3) is 0.238. The third kappa shape index (κ3) is 4.30. The van der Waals surface area contributed by atoms with E-state index in [1.807, 2.05) is 42.2 Å². The average Bonchev–Trinajstić information content (AvgIpc) is 3.19. The van der Waals surface area contributed by atoms with Crippen LogP contribution in [0.2, 0.25) is 0 Å². The summed E-state index contributed by atoms with van der Waals surface area (Å²) in [7, 11) is -3.70. The maximum absolute atomic E-state index is 13.1. The summed E-state index contributed by atoms with van der Waals surface area (Å²) in [4.78, 5) is 20.3. The molecule has 1 aliphatic heterocycles. The van der Waals surface area contributed by atoms with Crippen LogP contribution in [0.15, 0.2) is 62.6 Å². The molecule has 170 valence electrons. The van der Waals surface area contributed by atoms with E-state index in [-0.39, 0.29) is 4.90 Å². The predicted octanol–water partition coefficient (Wildman–Crippen LogP) is 1.87. The second-order valence-corrected chi connectivity index (χ2v) is 9.57. The molecular weight excluding hydrogens is 446 g/mol. The molecule has 0 saturated carbocycles. The second kappa shape index (κ2) is 8.30. The lowest BCUT2D eigenvalue weighted by Crippen LogP contribution is -2.49. The Morgan fingerprint density at radius 2 is 1.82 bits per heavy atom. The smallest absolute Gasteiger partial charge is 0.408 e. The van der Waals surface area contributed by atoms with Crippen molar-refractivity contribution in [3.8, 4) is 0 Å². The van der Waals surface area contributed by atoms with E-state index in [4.69, 9.17) is 4.42 Å². The molecule has 0 radical (unpaired) electrons. The molecule has 1 fully saturated rings. The lowest BCUT2D eigenvalue weighted by atomic mass is 10.3. The number of rotatable bonds is 5. The number of aryl methyl sites for hydroxylation is 1.